The molecule has 0 spiro atoms. The summed E-state index contributed by atoms with van der Waals surface area (Å²) >= 11 is 0. The van der Waals surface area contributed by atoms with Crippen molar-refractivity contribution in [3.8, 4) is 0 Å². The van der Waals surface area contributed by atoms with Gasteiger partial charge in [-0.05, 0) is 6.42 Å². The Hall–Kier alpha value is -1.89. The Kier molecular flexibility index (Phi) is 4.46. The molecule has 7 nitrogen and oxygen atoms in total. The van der Waals surface area contributed by atoms with E-state index in [0.29, 0.717) is 13.2 Å². The van der Waals surface area contributed by atoms with Crippen LogP contribution in [0.3, 0.4) is 0 Å². The zero-order chi connectivity index (χ0) is 12.0. The van der Waals surface area contributed by atoms with Gasteiger partial charge in [-0.15, -0.1) is 0 Å². The van der Waals surface area contributed by atoms with E-state index in [0.717, 1.165) is 6.42 Å². The maximum Gasteiger partial charge on any atom is 0.309 e. The van der Waals surface area contributed by atoms with Gasteiger partial charge in [0.1, 0.15) is 0 Å². The van der Waals surface area contributed by atoms with E-state index in [1.165, 1.54) is 17.2 Å². The second-order valence-electron chi connectivity index (χ2n) is 3.10. The maximum absolute atomic E-state index is 11.3. The predicted octanol–water partition coefficient (Wildman–Crippen LogP) is -1.69. The molecule has 0 bridgehead atoms. The van der Waals surface area contributed by atoms with E-state index in [1.54, 1.807) is 0 Å². The molecule has 1 aliphatic rings. The van der Waals surface area contributed by atoms with Gasteiger partial charge in [0.2, 0.25) is 0 Å². The topological polar surface area (TPSA) is 102 Å². The van der Waals surface area contributed by atoms with E-state index in [4.69, 9.17) is 10.6 Å². The molecule has 3 amide bonds. The Morgan fingerprint density at radius 1 is 1.44 bits per heavy atom. The lowest BCUT2D eigenvalue weighted by Crippen LogP contribution is -2.36. The summed E-state index contributed by atoms with van der Waals surface area (Å²) in [5, 5.41) is 3.46. The Morgan fingerprint density at radius 3 is 2.75 bits per heavy atom. The second-order valence-corrected chi connectivity index (χ2v) is 3.10. The number of nitrogens with two attached hydrogens (primary N) is 1. The number of carbonyl (C=O) groups is 3. The molecule has 0 radical (unpaired) electrons. The molecule has 0 aromatic carbocycles. The summed E-state index contributed by atoms with van der Waals surface area (Å²) in [7, 11) is 0. The van der Waals surface area contributed by atoms with Crippen molar-refractivity contribution in [3.05, 3.63) is 12.2 Å². The molecule has 1 aliphatic heterocycles. The fourth-order valence-corrected chi connectivity index (χ4v) is 1.10. The van der Waals surface area contributed by atoms with Crippen LogP contribution in [-0.4, -0.2) is 42.5 Å². The molecule has 1 saturated heterocycles. The Balaban J connectivity index is 2.23. The van der Waals surface area contributed by atoms with E-state index >= 15 is 0 Å². The number of hydrogen-bond donors (Lipinski definition) is 2. The van der Waals surface area contributed by atoms with Crippen LogP contribution < -0.4 is 11.1 Å². The zero-order valence-electron chi connectivity index (χ0n) is 8.64. The van der Waals surface area contributed by atoms with Gasteiger partial charge < -0.3 is 11.1 Å². The van der Waals surface area contributed by atoms with Crippen LogP contribution in [0.1, 0.15) is 6.42 Å². The number of hydroxylamine groups is 2. The van der Waals surface area contributed by atoms with Crippen molar-refractivity contribution in [1.29, 1.82) is 0 Å². The highest BCUT2D eigenvalue weighted by molar-refractivity contribution is 6.34. The molecule has 0 aromatic rings. The van der Waals surface area contributed by atoms with Crippen LogP contribution in [0, 0.1) is 0 Å². The largest absolute Gasteiger partial charge is 0.361 e. The monoisotopic (exact) mass is 227 g/mol. The summed E-state index contributed by atoms with van der Waals surface area (Å²) < 4.78 is 0. The third-order valence-electron chi connectivity index (χ3n) is 1.86. The van der Waals surface area contributed by atoms with Gasteiger partial charge in [-0.1, -0.05) is 6.08 Å². The highest BCUT2D eigenvalue weighted by Crippen LogP contribution is 2.04. The number of nitrogens with zero attached hydrogens (tertiary/aromatic N) is 1. The molecule has 3 N–H and O–H groups in total. The Morgan fingerprint density at radius 2 is 2.19 bits per heavy atom. The number of nitrogens with one attached hydrogen (secondary N) is 1. The molecular formula is C9H13N3O4. The van der Waals surface area contributed by atoms with Gasteiger partial charge in [0.15, 0.2) is 0 Å². The minimum absolute atomic E-state index is 0.0708. The van der Waals surface area contributed by atoms with E-state index in [9.17, 15) is 14.4 Å². The fraction of sp³-hybridized carbons (Fsp3) is 0.444. The highest BCUT2D eigenvalue weighted by atomic mass is 16.7. The molecule has 88 valence electrons. The first-order valence-electron chi connectivity index (χ1n) is 4.80. The summed E-state index contributed by atoms with van der Waals surface area (Å²) in [6.45, 7) is 1.18. The number of primary amides is 1. The third-order valence-corrected chi connectivity index (χ3v) is 1.86. The molecule has 0 unspecified atom stereocenters. The van der Waals surface area contributed by atoms with Crippen LogP contribution >= 0.6 is 0 Å². The average molecular weight is 227 g/mol. The Labute approximate surface area is 92.2 Å². The van der Waals surface area contributed by atoms with E-state index in [-0.39, 0.29) is 12.5 Å². The molecule has 16 heavy (non-hydrogen) atoms. The van der Waals surface area contributed by atoms with Crippen molar-refractivity contribution in [2.75, 3.05) is 19.7 Å². The van der Waals surface area contributed by atoms with Gasteiger partial charge in [-0.25, -0.2) is 5.06 Å². The van der Waals surface area contributed by atoms with Gasteiger partial charge in [-0.2, -0.15) is 0 Å². The number of hydrogen-bond acceptors (Lipinski definition) is 4. The SMILES string of the molecule is NC(=O)C(=O)NC/C=C/C(=O)N1CCCO1. The van der Waals surface area contributed by atoms with Crippen molar-refractivity contribution in [1.82, 2.24) is 10.4 Å². The lowest BCUT2D eigenvalue weighted by molar-refractivity contribution is -0.162. The summed E-state index contributed by atoms with van der Waals surface area (Å²) in [6.07, 6.45) is 3.51. The standard InChI is InChI=1S/C9H13N3O4/c10-8(14)9(15)11-4-1-3-7(13)12-5-2-6-16-12/h1,3H,2,4-6H2,(H2,10,14)(H,11,15)/b3-1+. The molecule has 0 atom stereocenters. The fourth-order valence-electron chi connectivity index (χ4n) is 1.10. The van der Waals surface area contributed by atoms with Crippen LogP contribution in [0.25, 0.3) is 0 Å². The smallest absolute Gasteiger partial charge is 0.309 e. The molecule has 1 heterocycles. The predicted molar refractivity (Wildman–Crippen MR) is 53.6 cm³/mol. The summed E-state index contributed by atoms with van der Waals surface area (Å²) in [4.78, 5) is 37.4. The van der Waals surface area contributed by atoms with E-state index < -0.39 is 11.8 Å². The molecule has 0 saturated carbocycles. The Bertz CT molecular complexity index is 321. The number of carbonyl (C=O) groups excluding carboxylic acids is 3. The normalized spacial score (nSPS) is 15.4. The lowest BCUT2D eigenvalue weighted by Gasteiger charge is -2.10. The van der Waals surface area contributed by atoms with Gasteiger partial charge in [-0.3, -0.25) is 19.2 Å². The quantitative estimate of drug-likeness (QED) is 0.443. The van der Waals surface area contributed by atoms with Crippen LogP contribution in [0.4, 0.5) is 0 Å². The van der Waals surface area contributed by atoms with Crippen molar-refractivity contribution in [2.45, 2.75) is 6.42 Å². The number of rotatable bonds is 3. The van der Waals surface area contributed by atoms with Crippen molar-refractivity contribution in [2.24, 2.45) is 5.73 Å². The summed E-state index contributed by atoms with van der Waals surface area (Å²) in [5.41, 5.74) is 4.71. The van der Waals surface area contributed by atoms with Gasteiger partial charge in [0, 0.05) is 12.6 Å². The van der Waals surface area contributed by atoms with Crippen LogP contribution in [-0.2, 0) is 19.2 Å². The summed E-state index contributed by atoms with van der Waals surface area (Å²) in [6, 6.07) is 0. The molecule has 1 rings (SSSR count). The van der Waals surface area contributed by atoms with E-state index in [1.807, 2.05) is 0 Å². The average Bonchev–Trinajstić information content (AvgIpc) is 2.76. The minimum atomic E-state index is -1.05. The van der Waals surface area contributed by atoms with Gasteiger partial charge in [0.05, 0.1) is 13.2 Å². The van der Waals surface area contributed by atoms with Gasteiger partial charge in [0.25, 0.3) is 5.91 Å². The molecular weight excluding hydrogens is 214 g/mol. The van der Waals surface area contributed by atoms with Crippen molar-refractivity contribution >= 4 is 17.7 Å². The van der Waals surface area contributed by atoms with Crippen molar-refractivity contribution < 1.29 is 19.2 Å². The van der Waals surface area contributed by atoms with E-state index in [2.05, 4.69) is 5.32 Å². The molecule has 0 aliphatic carbocycles. The maximum atomic E-state index is 11.3. The lowest BCUT2D eigenvalue weighted by atomic mass is 10.4. The first-order chi connectivity index (χ1) is 7.61. The zero-order valence-corrected chi connectivity index (χ0v) is 8.64. The van der Waals surface area contributed by atoms with Crippen LogP contribution in [0.2, 0.25) is 0 Å². The second kappa shape index (κ2) is 5.86. The minimum Gasteiger partial charge on any atom is -0.361 e. The van der Waals surface area contributed by atoms with Crippen molar-refractivity contribution in [3.63, 3.8) is 0 Å². The summed E-state index contributed by atoms with van der Waals surface area (Å²) in [5.74, 6) is -2.22. The highest BCUT2D eigenvalue weighted by Gasteiger charge is 2.16. The first-order valence-corrected chi connectivity index (χ1v) is 4.80. The third kappa shape index (κ3) is 3.70. The molecule has 0 aromatic heterocycles. The first kappa shape index (κ1) is 12.2. The van der Waals surface area contributed by atoms with Crippen LogP contribution in [0.5, 0.6) is 0 Å². The van der Waals surface area contributed by atoms with Gasteiger partial charge >= 0.3 is 11.8 Å². The molecule has 7 heteroatoms. The molecule has 1 fully saturated rings. The number of amides is 3. The van der Waals surface area contributed by atoms with Crippen LogP contribution in [0.15, 0.2) is 12.2 Å².